The van der Waals surface area contributed by atoms with Crippen LogP contribution in [0.25, 0.3) is 0 Å². The molecule has 1 unspecified atom stereocenters. The summed E-state index contributed by atoms with van der Waals surface area (Å²) in [5.41, 5.74) is -2.14. The Morgan fingerprint density at radius 2 is 2.25 bits per heavy atom. The summed E-state index contributed by atoms with van der Waals surface area (Å²) in [6.45, 7) is 1.33. The number of ketones is 1. The molecule has 106 valence electrons. The molecule has 2 rings (SSSR count). The van der Waals surface area contributed by atoms with Crippen molar-refractivity contribution in [2.24, 2.45) is 5.41 Å². The number of hydrogen-bond acceptors (Lipinski definition) is 5. The highest BCUT2D eigenvalue weighted by atomic mass is 19.1. The quantitative estimate of drug-likeness (QED) is 0.363. The fourth-order valence-electron chi connectivity index (χ4n) is 2.33. The van der Waals surface area contributed by atoms with E-state index in [0.29, 0.717) is 0 Å². The summed E-state index contributed by atoms with van der Waals surface area (Å²) < 4.78 is 18.8. The van der Waals surface area contributed by atoms with Gasteiger partial charge in [0.15, 0.2) is 0 Å². The average Bonchev–Trinajstić information content (AvgIpc) is 2.74. The number of halogens is 1. The van der Waals surface area contributed by atoms with Crippen LogP contribution in [0.2, 0.25) is 0 Å². The molecule has 0 radical (unpaired) electrons. The van der Waals surface area contributed by atoms with Gasteiger partial charge in [-0.05, 0) is 18.9 Å². The normalized spacial score (nSPS) is 21.6. The number of rotatable bonds is 4. The average molecular weight is 281 g/mol. The van der Waals surface area contributed by atoms with Gasteiger partial charge < -0.3 is 4.74 Å². The van der Waals surface area contributed by atoms with Gasteiger partial charge in [0.1, 0.15) is 11.2 Å². The van der Waals surface area contributed by atoms with Crippen molar-refractivity contribution in [1.29, 1.82) is 0 Å². The summed E-state index contributed by atoms with van der Waals surface area (Å²) in [7, 11) is 0. The van der Waals surface area contributed by atoms with Gasteiger partial charge in [0, 0.05) is 12.5 Å². The monoisotopic (exact) mass is 281 g/mol. The van der Waals surface area contributed by atoms with Gasteiger partial charge in [0.25, 0.3) is 0 Å². The molecule has 0 bridgehead atoms. The van der Waals surface area contributed by atoms with E-state index in [0.717, 1.165) is 6.07 Å². The van der Waals surface area contributed by atoms with Crippen LogP contribution in [0.15, 0.2) is 18.2 Å². The van der Waals surface area contributed by atoms with Crippen LogP contribution in [0, 0.1) is 21.3 Å². The van der Waals surface area contributed by atoms with E-state index in [9.17, 15) is 24.1 Å². The van der Waals surface area contributed by atoms with Crippen molar-refractivity contribution < 1.29 is 23.6 Å². The van der Waals surface area contributed by atoms with E-state index >= 15 is 0 Å². The molecule has 1 saturated heterocycles. The van der Waals surface area contributed by atoms with Crippen LogP contribution in [0.5, 0.6) is 0 Å². The first-order valence-electron chi connectivity index (χ1n) is 5.98. The number of hydrogen-bond donors (Lipinski definition) is 0. The Morgan fingerprint density at radius 3 is 2.75 bits per heavy atom. The fourth-order valence-corrected chi connectivity index (χ4v) is 2.33. The molecule has 1 atom stereocenters. The van der Waals surface area contributed by atoms with Gasteiger partial charge in [-0.3, -0.25) is 19.7 Å². The number of nitro groups is 1. The summed E-state index contributed by atoms with van der Waals surface area (Å²) >= 11 is 0. The number of nitrogens with zero attached hydrogens (tertiary/aromatic N) is 1. The second-order valence-corrected chi connectivity index (χ2v) is 4.71. The Morgan fingerprint density at radius 1 is 1.55 bits per heavy atom. The fraction of sp³-hybridized carbons (Fsp3) is 0.385. The van der Waals surface area contributed by atoms with Crippen LogP contribution in [-0.4, -0.2) is 23.3 Å². The topological polar surface area (TPSA) is 86.5 Å². The van der Waals surface area contributed by atoms with Gasteiger partial charge in [-0.2, -0.15) is 4.39 Å². The first-order chi connectivity index (χ1) is 9.38. The second kappa shape index (κ2) is 4.99. The number of Topliss-reactive ketones (excluding diaryl/α,β-unsaturated/α-hetero) is 1. The van der Waals surface area contributed by atoms with Crippen LogP contribution >= 0.6 is 0 Å². The zero-order valence-electron chi connectivity index (χ0n) is 10.7. The third-order valence-corrected chi connectivity index (χ3v) is 3.57. The lowest BCUT2D eigenvalue weighted by molar-refractivity contribution is -0.387. The van der Waals surface area contributed by atoms with Gasteiger partial charge in [-0.15, -0.1) is 0 Å². The number of carbonyl (C=O) groups is 2. The van der Waals surface area contributed by atoms with Gasteiger partial charge >= 0.3 is 11.7 Å². The molecule has 1 aromatic rings. The van der Waals surface area contributed by atoms with Gasteiger partial charge in [-0.25, -0.2) is 0 Å². The Bertz CT molecular complexity index is 600. The maximum Gasteiger partial charge on any atom is 0.320 e. The predicted octanol–water partition coefficient (Wildman–Crippen LogP) is 1.80. The van der Waals surface area contributed by atoms with Gasteiger partial charge in [0.2, 0.25) is 5.82 Å². The molecular weight excluding hydrogens is 269 g/mol. The molecule has 0 N–H and O–H groups in total. The van der Waals surface area contributed by atoms with E-state index in [1.54, 1.807) is 0 Å². The minimum atomic E-state index is -1.43. The molecule has 0 saturated carbocycles. The van der Waals surface area contributed by atoms with Crippen molar-refractivity contribution in [2.75, 3.05) is 6.61 Å². The van der Waals surface area contributed by atoms with E-state index in [1.165, 1.54) is 19.1 Å². The number of cyclic esters (lactones) is 1. The molecule has 0 amide bonds. The second-order valence-electron chi connectivity index (χ2n) is 4.71. The largest absolute Gasteiger partial charge is 0.465 e. The standard InChI is InChI=1S/C13H12FNO5/c1-8(16)13(5-6-20-12(13)17)7-9-3-2-4-10(11(9)14)15(18)19/h2-4H,5-7H2,1H3. The summed E-state index contributed by atoms with van der Waals surface area (Å²) in [4.78, 5) is 33.4. The highest BCUT2D eigenvalue weighted by Crippen LogP contribution is 2.36. The molecule has 1 heterocycles. The van der Waals surface area contributed by atoms with Crippen LogP contribution in [0.3, 0.4) is 0 Å². The SMILES string of the molecule is CC(=O)C1(Cc2cccc([N+](=O)[O-])c2F)CCOC1=O. The minimum absolute atomic E-state index is 0.0340. The van der Waals surface area contributed by atoms with Crippen molar-refractivity contribution in [3.8, 4) is 0 Å². The minimum Gasteiger partial charge on any atom is -0.465 e. The first kappa shape index (κ1) is 14.1. The van der Waals surface area contributed by atoms with Gasteiger partial charge in [-0.1, -0.05) is 12.1 Å². The Hall–Kier alpha value is -2.31. The zero-order valence-corrected chi connectivity index (χ0v) is 10.7. The predicted molar refractivity (Wildman–Crippen MR) is 65.4 cm³/mol. The lowest BCUT2D eigenvalue weighted by atomic mass is 9.77. The van der Waals surface area contributed by atoms with Crippen molar-refractivity contribution in [3.05, 3.63) is 39.7 Å². The molecule has 1 aliphatic rings. The van der Waals surface area contributed by atoms with Crippen LogP contribution in [0.1, 0.15) is 18.9 Å². The van der Waals surface area contributed by atoms with E-state index in [1.807, 2.05) is 0 Å². The molecule has 0 aliphatic carbocycles. The molecule has 1 fully saturated rings. The van der Waals surface area contributed by atoms with Crippen LogP contribution < -0.4 is 0 Å². The van der Waals surface area contributed by atoms with Crippen molar-refractivity contribution in [2.45, 2.75) is 19.8 Å². The molecule has 7 heteroatoms. The molecule has 1 aromatic carbocycles. The maximum absolute atomic E-state index is 14.0. The Labute approximate surface area is 113 Å². The van der Waals surface area contributed by atoms with Crippen molar-refractivity contribution in [3.63, 3.8) is 0 Å². The number of carbonyl (C=O) groups excluding carboxylic acids is 2. The maximum atomic E-state index is 14.0. The van der Waals surface area contributed by atoms with Crippen LogP contribution in [0.4, 0.5) is 10.1 Å². The van der Waals surface area contributed by atoms with E-state index < -0.39 is 33.6 Å². The summed E-state index contributed by atoms with van der Waals surface area (Å²) in [5, 5.41) is 10.7. The molecule has 0 aromatic heterocycles. The highest BCUT2D eigenvalue weighted by molar-refractivity contribution is 6.04. The highest BCUT2D eigenvalue weighted by Gasteiger charge is 2.49. The molecule has 1 aliphatic heterocycles. The van der Waals surface area contributed by atoms with E-state index in [2.05, 4.69) is 0 Å². The van der Waals surface area contributed by atoms with Crippen LogP contribution in [-0.2, 0) is 20.7 Å². The number of nitro benzene ring substituents is 1. The third-order valence-electron chi connectivity index (χ3n) is 3.57. The third kappa shape index (κ3) is 2.15. The Balaban J connectivity index is 2.43. The number of esters is 1. The van der Waals surface area contributed by atoms with Crippen molar-refractivity contribution in [1.82, 2.24) is 0 Å². The molecule has 20 heavy (non-hydrogen) atoms. The lowest BCUT2D eigenvalue weighted by Gasteiger charge is -2.21. The van der Waals surface area contributed by atoms with Crippen molar-refractivity contribution >= 4 is 17.4 Å². The van der Waals surface area contributed by atoms with E-state index in [4.69, 9.17) is 4.74 Å². The zero-order chi connectivity index (χ0) is 14.9. The smallest absolute Gasteiger partial charge is 0.320 e. The molecule has 6 nitrogen and oxygen atoms in total. The Kier molecular flexibility index (Phi) is 3.52. The number of benzene rings is 1. The van der Waals surface area contributed by atoms with Gasteiger partial charge in [0.05, 0.1) is 11.5 Å². The molecule has 0 spiro atoms. The summed E-state index contributed by atoms with van der Waals surface area (Å²) in [6.07, 6.45) is -0.0714. The van der Waals surface area contributed by atoms with E-state index in [-0.39, 0.29) is 25.0 Å². The summed E-state index contributed by atoms with van der Waals surface area (Å²) in [6, 6.07) is 3.69. The first-order valence-corrected chi connectivity index (χ1v) is 5.98. The summed E-state index contributed by atoms with van der Waals surface area (Å²) in [5.74, 6) is -2.14. The molecular formula is C13H12FNO5. The lowest BCUT2D eigenvalue weighted by Crippen LogP contribution is -2.36. The number of ether oxygens (including phenoxy) is 1.